The zero-order chi connectivity index (χ0) is 11.1. The van der Waals surface area contributed by atoms with Crippen molar-refractivity contribution in [1.82, 2.24) is 0 Å². The van der Waals surface area contributed by atoms with Crippen LogP contribution in [0, 0.1) is 17.6 Å². The molecule has 1 aliphatic rings. The van der Waals surface area contributed by atoms with E-state index >= 15 is 0 Å². The van der Waals surface area contributed by atoms with Crippen molar-refractivity contribution in [2.45, 2.75) is 31.8 Å². The van der Waals surface area contributed by atoms with Crippen LogP contribution in [0.5, 0.6) is 0 Å². The highest BCUT2D eigenvalue weighted by molar-refractivity contribution is 5.28. The molecule has 1 N–H and O–H groups in total. The molecule has 0 spiro atoms. The standard InChI is InChI=1S/C12H14F2O/c1-2-12(15,8-6-7-8)11-9(13)4-3-5-10(11)14/h3-5,8,15H,2,6-7H2,1H3. The van der Waals surface area contributed by atoms with Gasteiger partial charge in [0.05, 0.1) is 11.2 Å². The van der Waals surface area contributed by atoms with E-state index in [1.54, 1.807) is 6.92 Å². The topological polar surface area (TPSA) is 20.2 Å². The van der Waals surface area contributed by atoms with Crippen LogP contribution in [0.3, 0.4) is 0 Å². The number of benzene rings is 1. The lowest BCUT2D eigenvalue weighted by Crippen LogP contribution is -2.30. The van der Waals surface area contributed by atoms with Gasteiger partial charge in [0, 0.05) is 0 Å². The molecule has 1 fully saturated rings. The minimum Gasteiger partial charge on any atom is -0.385 e. The van der Waals surface area contributed by atoms with Gasteiger partial charge in [0.25, 0.3) is 0 Å². The van der Waals surface area contributed by atoms with Crippen LogP contribution in [0.25, 0.3) is 0 Å². The lowest BCUT2D eigenvalue weighted by molar-refractivity contribution is 0.00203. The second kappa shape index (κ2) is 3.56. The van der Waals surface area contributed by atoms with Crippen LogP contribution in [0.15, 0.2) is 18.2 Å². The lowest BCUT2D eigenvalue weighted by atomic mass is 9.85. The summed E-state index contributed by atoms with van der Waals surface area (Å²) in [6.07, 6.45) is 2.03. The molecule has 0 aliphatic heterocycles. The van der Waals surface area contributed by atoms with Crippen molar-refractivity contribution in [3.05, 3.63) is 35.4 Å². The summed E-state index contributed by atoms with van der Waals surface area (Å²) >= 11 is 0. The van der Waals surface area contributed by atoms with E-state index in [1.165, 1.54) is 18.2 Å². The Balaban J connectivity index is 2.50. The molecule has 1 atom stereocenters. The normalized spacial score (nSPS) is 20.0. The first-order valence-electron chi connectivity index (χ1n) is 5.26. The van der Waals surface area contributed by atoms with E-state index in [9.17, 15) is 13.9 Å². The molecule has 0 saturated heterocycles. The summed E-state index contributed by atoms with van der Waals surface area (Å²) < 4.78 is 27.0. The van der Waals surface area contributed by atoms with Crippen molar-refractivity contribution < 1.29 is 13.9 Å². The third kappa shape index (κ3) is 1.65. The summed E-state index contributed by atoms with van der Waals surface area (Å²) in [5.74, 6) is -1.29. The third-order valence-electron chi connectivity index (χ3n) is 3.19. The third-order valence-corrected chi connectivity index (χ3v) is 3.19. The molecule has 0 radical (unpaired) electrons. The van der Waals surface area contributed by atoms with E-state index in [4.69, 9.17) is 0 Å². The van der Waals surface area contributed by atoms with E-state index in [2.05, 4.69) is 0 Å². The molecule has 0 amide bonds. The van der Waals surface area contributed by atoms with Crippen molar-refractivity contribution in [3.8, 4) is 0 Å². The number of halogens is 2. The smallest absolute Gasteiger partial charge is 0.132 e. The van der Waals surface area contributed by atoms with Gasteiger partial charge in [0.1, 0.15) is 11.6 Å². The van der Waals surface area contributed by atoms with Crippen LogP contribution < -0.4 is 0 Å². The molecule has 15 heavy (non-hydrogen) atoms. The van der Waals surface area contributed by atoms with E-state index in [0.717, 1.165) is 12.8 Å². The lowest BCUT2D eigenvalue weighted by Gasteiger charge is -2.28. The molecule has 3 heteroatoms. The van der Waals surface area contributed by atoms with Crippen LogP contribution in [-0.4, -0.2) is 5.11 Å². The van der Waals surface area contributed by atoms with Crippen molar-refractivity contribution in [2.75, 3.05) is 0 Å². The summed E-state index contributed by atoms with van der Waals surface area (Å²) in [6.45, 7) is 1.75. The summed E-state index contributed by atoms with van der Waals surface area (Å²) in [5, 5.41) is 10.3. The first-order valence-corrected chi connectivity index (χ1v) is 5.26. The Hall–Kier alpha value is -0.960. The quantitative estimate of drug-likeness (QED) is 0.816. The summed E-state index contributed by atoms with van der Waals surface area (Å²) in [6, 6.07) is 3.71. The Bertz CT molecular complexity index is 354. The van der Waals surface area contributed by atoms with Gasteiger partial charge in [-0.3, -0.25) is 0 Å². The molecule has 1 aliphatic carbocycles. The Labute approximate surface area is 87.7 Å². The average Bonchev–Trinajstić information content (AvgIpc) is 3.00. The Morgan fingerprint density at radius 2 is 1.87 bits per heavy atom. The van der Waals surface area contributed by atoms with E-state index in [1.807, 2.05) is 0 Å². The van der Waals surface area contributed by atoms with Gasteiger partial charge in [-0.1, -0.05) is 13.0 Å². The number of rotatable bonds is 3. The van der Waals surface area contributed by atoms with Crippen molar-refractivity contribution in [3.63, 3.8) is 0 Å². The molecule has 1 saturated carbocycles. The maximum Gasteiger partial charge on any atom is 0.132 e. The highest BCUT2D eigenvalue weighted by Crippen LogP contribution is 2.48. The largest absolute Gasteiger partial charge is 0.385 e. The molecule has 1 aromatic carbocycles. The first-order chi connectivity index (χ1) is 7.09. The molecular formula is C12H14F2O. The van der Waals surface area contributed by atoms with E-state index in [-0.39, 0.29) is 11.5 Å². The highest BCUT2D eigenvalue weighted by Gasteiger charge is 2.46. The molecule has 82 valence electrons. The second-order valence-electron chi connectivity index (χ2n) is 4.15. The summed E-state index contributed by atoms with van der Waals surface area (Å²) in [7, 11) is 0. The summed E-state index contributed by atoms with van der Waals surface area (Å²) in [4.78, 5) is 0. The van der Waals surface area contributed by atoms with Gasteiger partial charge in [-0.2, -0.15) is 0 Å². The van der Waals surface area contributed by atoms with Crippen LogP contribution in [0.2, 0.25) is 0 Å². The Morgan fingerprint density at radius 1 is 1.33 bits per heavy atom. The van der Waals surface area contributed by atoms with Gasteiger partial charge < -0.3 is 5.11 Å². The van der Waals surface area contributed by atoms with Crippen molar-refractivity contribution in [1.29, 1.82) is 0 Å². The van der Waals surface area contributed by atoms with Crippen LogP contribution in [-0.2, 0) is 5.60 Å². The molecule has 0 aromatic heterocycles. The van der Waals surface area contributed by atoms with Crippen LogP contribution in [0.4, 0.5) is 8.78 Å². The summed E-state index contributed by atoms with van der Waals surface area (Å²) in [5.41, 5.74) is -1.48. The van der Waals surface area contributed by atoms with E-state index < -0.39 is 17.2 Å². The maximum atomic E-state index is 13.5. The van der Waals surface area contributed by atoms with E-state index in [0.29, 0.717) is 6.42 Å². The fourth-order valence-electron chi connectivity index (χ4n) is 2.14. The molecule has 1 nitrogen and oxygen atoms in total. The molecule has 2 rings (SSSR count). The van der Waals surface area contributed by atoms with Crippen molar-refractivity contribution >= 4 is 0 Å². The SMILES string of the molecule is CCC(O)(c1c(F)cccc1F)C1CC1. The molecule has 1 aromatic rings. The fraction of sp³-hybridized carbons (Fsp3) is 0.500. The number of aliphatic hydroxyl groups is 1. The van der Waals surface area contributed by atoms with Crippen LogP contribution >= 0.6 is 0 Å². The van der Waals surface area contributed by atoms with Crippen molar-refractivity contribution in [2.24, 2.45) is 5.92 Å². The molecule has 0 bridgehead atoms. The predicted molar refractivity (Wildman–Crippen MR) is 53.3 cm³/mol. The number of hydrogen-bond donors (Lipinski definition) is 1. The zero-order valence-corrected chi connectivity index (χ0v) is 8.63. The molecule has 0 heterocycles. The molecule has 1 unspecified atom stereocenters. The fourth-order valence-corrected chi connectivity index (χ4v) is 2.14. The number of hydrogen-bond acceptors (Lipinski definition) is 1. The minimum atomic E-state index is -1.32. The first kappa shape index (κ1) is 10.6. The van der Waals surface area contributed by atoms with Gasteiger partial charge >= 0.3 is 0 Å². The Kier molecular flexibility index (Phi) is 2.51. The molecular weight excluding hydrogens is 198 g/mol. The minimum absolute atomic E-state index is 0.00824. The van der Waals surface area contributed by atoms with Gasteiger partial charge in [-0.05, 0) is 37.3 Å². The zero-order valence-electron chi connectivity index (χ0n) is 8.63. The monoisotopic (exact) mass is 212 g/mol. The predicted octanol–water partition coefficient (Wildman–Crippen LogP) is 2.97. The van der Waals surface area contributed by atoms with Gasteiger partial charge in [0.2, 0.25) is 0 Å². The Morgan fingerprint density at radius 3 is 2.27 bits per heavy atom. The van der Waals surface area contributed by atoms with Crippen LogP contribution in [0.1, 0.15) is 31.7 Å². The van der Waals surface area contributed by atoms with Gasteiger partial charge in [-0.25, -0.2) is 8.78 Å². The second-order valence-corrected chi connectivity index (χ2v) is 4.15. The van der Waals surface area contributed by atoms with Gasteiger partial charge in [-0.15, -0.1) is 0 Å². The van der Waals surface area contributed by atoms with Gasteiger partial charge in [0.15, 0.2) is 0 Å². The maximum absolute atomic E-state index is 13.5. The average molecular weight is 212 g/mol. The highest BCUT2D eigenvalue weighted by atomic mass is 19.1.